The van der Waals surface area contributed by atoms with Gasteiger partial charge in [0.05, 0.1) is 11.8 Å². The zero-order chi connectivity index (χ0) is 12.6. The van der Waals surface area contributed by atoms with Crippen LogP contribution in [0.3, 0.4) is 0 Å². The Balaban J connectivity index is 2.05. The molecule has 0 radical (unpaired) electrons. The van der Waals surface area contributed by atoms with Crippen molar-refractivity contribution in [2.75, 3.05) is 13.1 Å². The van der Waals surface area contributed by atoms with Crippen molar-refractivity contribution in [3.8, 4) is 0 Å². The molecule has 2 heterocycles. The number of piperidine rings is 1. The number of fused-ring (bicyclic) bond motifs is 1. The summed E-state index contributed by atoms with van der Waals surface area (Å²) in [6.07, 6.45) is 1.11. The van der Waals surface area contributed by atoms with Gasteiger partial charge in [0.15, 0.2) is 0 Å². The van der Waals surface area contributed by atoms with Crippen molar-refractivity contribution in [3.05, 3.63) is 0 Å². The number of imide groups is 1. The van der Waals surface area contributed by atoms with E-state index in [1.165, 1.54) is 0 Å². The quantitative estimate of drug-likeness (QED) is 0.565. The van der Waals surface area contributed by atoms with Crippen LogP contribution in [0, 0.1) is 11.8 Å². The Morgan fingerprint density at radius 3 is 2.76 bits per heavy atom. The predicted molar refractivity (Wildman–Crippen MR) is 61.3 cm³/mol. The lowest BCUT2D eigenvalue weighted by Gasteiger charge is -2.33. The SMILES string of the molecule is CC[C@H](Cl)C(=O)N1CC[C@@H]2C(=O)NC(=O)[C@H]2C1. The lowest BCUT2D eigenvalue weighted by Crippen LogP contribution is -2.47. The lowest BCUT2D eigenvalue weighted by atomic mass is 9.87. The van der Waals surface area contributed by atoms with Crippen molar-refractivity contribution in [2.24, 2.45) is 11.8 Å². The molecule has 2 aliphatic heterocycles. The standard InChI is InChI=1S/C11H15ClN2O3/c1-2-8(12)11(17)14-4-3-6-7(5-14)10(16)13-9(6)15/h6-8H,2-5H2,1H3,(H,13,15,16)/t6-,7-,8-/m0/s1. The summed E-state index contributed by atoms with van der Waals surface area (Å²) in [7, 11) is 0. The molecular formula is C11H15ClN2O3. The Labute approximate surface area is 104 Å². The fraction of sp³-hybridized carbons (Fsp3) is 0.727. The third-order valence-electron chi connectivity index (χ3n) is 3.47. The molecule has 2 rings (SSSR count). The number of carbonyl (C=O) groups is 3. The second-order valence-corrected chi connectivity index (χ2v) is 5.04. The molecule has 2 aliphatic rings. The van der Waals surface area contributed by atoms with Crippen LogP contribution in [0.25, 0.3) is 0 Å². The summed E-state index contributed by atoms with van der Waals surface area (Å²) < 4.78 is 0. The fourth-order valence-corrected chi connectivity index (χ4v) is 2.55. The highest BCUT2D eigenvalue weighted by Gasteiger charge is 2.45. The van der Waals surface area contributed by atoms with E-state index in [2.05, 4.69) is 5.32 Å². The van der Waals surface area contributed by atoms with Crippen LogP contribution in [0.15, 0.2) is 0 Å². The van der Waals surface area contributed by atoms with Gasteiger partial charge in [0, 0.05) is 13.1 Å². The average molecular weight is 259 g/mol. The Morgan fingerprint density at radius 2 is 2.12 bits per heavy atom. The minimum atomic E-state index is -0.535. The monoisotopic (exact) mass is 258 g/mol. The highest BCUT2D eigenvalue weighted by Crippen LogP contribution is 2.29. The number of nitrogens with one attached hydrogen (secondary N) is 1. The Hall–Kier alpha value is -1.10. The molecule has 0 spiro atoms. The molecule has 0 saturated carbocycles. The molecule has 2 saturated heterocycles. The molecular weight excluding hydrogens is 244 g/mol. The molecule has 0 unspecified atom stereocenters. The van der Waals surface area contributed by atoms with Crippen molar-refractivity contribution < 1.29 is 14.4 Å². The van der Waals surface area contributed by atoms with Crippen molar-refractivity contribution in [1.82, 2.24) is 10.2 Å². The van der Waals surface area contributed by atoms with Gasteiger partial charge in [-0.3, -0.25) is 19.7 Å². The number of rotatable bonds is 2. The van der Waals surface area contributed by atoms with Crippen molar-refractivity contribution in [3.63, 3.8) is 0 Å². The maximum absolute atomic E-state index is 11.9. The zero-order valence-electron chi connectivity index (χ0n) is 9.61. The third kappa shape index (κ3) is 2.16. The molecule has 0 aromatic rings. The molecule has 2 fully saturated rings. The first-order valence-corrected chi connectivity index (χ1v) is 6.25. The molecule has 3 atom stereocenters. The summed E-state index contributed by atoms with van der Waals surface area (Å²) in [6, 6.07) is 0. The summed E-state index contributed by atoms with van der Waals surface area (Å²) in [5.74, 6) is -1.26. The molecule has 5 nitrogen and oxygen atoms in total. The lowest BCUT2D eigenvalue weighted by molar-refractivity contribution is -0.136. The summed E-state index contributed by atoms with van der Waals surface area (Å²) in [4.78, 5) is 36.4. The van der Waals surface area contributed by atoms with Crippen molar-refractivity contribution in [2.45, 2.75) is 25.1 Å². The Kier molecular flexibility index (Phi) is 3.38. The van der Waals surface area contributed by atoms with Gasteiger partial charge in [-0.25, -0.2) is 0 Å². The maximum atomic E-state index is 11.9. The number of carbonyl (C=O) groups excluding carboxylic acids is 3. The summed E-state index contributed by atoms with van der Waals surface area (Å²) in [5, 5.41) is 1.78. The Bertz CT molecular complexity index is 372. The van der Waals surface area contributed by atoms with E-state index >= 15 is 0 Å². The van der Waals surface area contributed by atoms with Crippen LogP contribution < -0.4 is 5.32 Å². The fourth-order valence-electron chi connectivity index (χ4n) is 2.41. The summed E-state index contributed by atoms with van der Waals surface area (Å²) in [6.45, 7) is 2.66. The molecule has 0 aliphatic carbocycles. The van der Waals surface area contributed by atoms with Crippen LogP contribution in [0.2, 0.25) is 0 Å². The van der Waals surface area contributed by atoms with Gasteiger partial charge in [0.1, 0.15) is 5.38 Å². The van der Waals surface area contributed by atoms with E-state index in [1.807, 2.05) is 6.92 Å². The van der Waals surface area contributed by atoms with Crippen LogP contribution in [0.5, 0.6) is 0 Å². The number of amides is 3. The van der Waals surface area contributed by atoms with Crippen molar-refractivity contribution in [1.29, 1.82) is 0 Å². The van der Waals surface area contributed by atoms with E-state index in [0.717, 1.165) is 0 Å². The van der Waals surface area contributed by atoms with Gasteiger partial charge in [-0.2, -0.15) is 0 Å². The van der Waals surface area contributed by atoms with E-state index in [-0.39, 0.29) is 29.6 Å². The van der Waals surface area contributed by atoms with Crippen LogP contribution in [0.4, 0.5) is 0 Å². The number of alkyl halides is 1. The number of likely N-dealkylation sites (tertiary alicyclic amines) is 1. The summed E-state index contributed by atoms with van der Waals surface area (Å²) >= 11 is 5.90. The van der Waals surface area contributed by atoms with E-state index in [0.29, 0.717) is 25.9 Å². The number of halogens is 1. The molecule has 0 bridgehead atoms. The zero-order valence-corrected chi connectivity index (χ0v) is 10.4. The summed E-state index contributed by atoms with van der Waals surface area (Å²) in [5.41, 5.74) is 0. The molecule has 94 valence electrons. The largest absolute Gasteiger partial charge is 0.341 e. The maximum Gasteiger partial charge on any atom is 0.240 e. The first kappa shape index (κ1) is 12.4. The minimum Gasteiger partial charge on any atom is -0.341 e. The molecule has 0 aromatic carbocycles. The smallest absolute Gasteiger partial charge is 0.240 e. The van der Waals surface area contributed by atoms with E-state index in [1.54, 1.807) is 4.90 Å². The van der Waals surface area contributed by atoms with E-state index in [9.17, 15) is 14.4 Å². The molecule has 17 heavy (non-hydrogen) atoms. The highest BCUT2D eigenvalue weighted by molar-refractivity contribution is 6.30. The van der Waals surface area contributed by atoms with Crippen LogP contribution >= 0.6 is 11.6 Å². The predicted octanol–water partition coefficient (Wildman–Crippen LogP) is 0.125. The van der Waals surface area contributed by atoms with Gasteiger partial charge >= 0.3 is 0 Å². The molecule has 3 amide bonds. The number of hydrogen-bond acceptors (Lipinski definition) is 3. The van der Waals surface area contributed by atoms with Gasteiger partial charge in [-0.15, -0.1) is 11.6 Å². The van der Waals surface area contributed by atoms with E-state index in [4.69, 9.17) is 11.6 Å². The van der Waals surface area contributed by atoms with Crippen LogP contribution in [-0.2, 0) is 14.4 Å². The molecule has 0 aromatic heterocycles. The second kappa shape index (κ2) is 4.64. The van der Waals surface area contributed by atoms with Gasteiger partial charge in [0.2, 0.25) is 17.7 Å². The van der Waals surface area contributed by atoms with Crippen molar-refractivity contribution >= 4 is 29.3 Å². The topological polar surface area (TPSA) is 66.5 Å². The number of nitrogens with zero attached hydrogens (tertiary/aromatic N) is 1. The van der Waals surface area contributed by atoms with E-state index < -0.39 is 5.38 Å². The first-order chi connectivity index (χ1) is 8.04. The molecule has 6 heteroatoms. The normalized spacial score (nSPS) is 29.9. The van der Waals surface area contributed by atoms with Gasteiger partial charge in [0.25, 0.3) is 0 Å². The van der Waals surface area contributed by atoms with Gasteiger partial charge in [-0.05, 0) is 12.8 Å². The second-order valence-electron chi connectivity index (χ2n) is 4.52. The van der Waals surface area contributed by atoms with Crippen LogP contribution in [-0.4, -0.2) is 41.1 Å². The van der Waals surface area contributed by atoms with Gasteiger partial charge in [-0.1, -0.05) is 6.92 Å². The Morgan fingerprint density at radius 1 is 1.47 bits per heavy atom. The number of hydrogen-bond donors (Lipinski definition) is 1. The molecule has 1 N–H and O–H groups in total. The average Bonchev–Trinajstić information content (AvgIpc) is 2.62. The van der Waals surface area contributed by atoms with Gasteiger partial charge < -0.3 is 4.90 Å². The minimum absolute atomic E-state index is 0.139. The highest BCUT2D eigenvalue weighted by atomic mass is 35.5. The third-order valence-corrected chi connectivity index (χ3v) is 3.97. The first-order valence-electron chi connectivity index (χ1n) is 5.82. The van der Waals surface area contributed by atoms with Crippen LogP contribution in [0.1, 0.15) is 19.8 Å².